The first-order valence-electron chi connectivity index (χ1n) is 6.68. The zero-order chi connectivity index (χ0) is 14.5. The number of ether oxygens (including phenoxy) is 1. The molecular weight excluding hydrogens is 335 g/mol. The molecule has 21 heavy (non-hydrogen) atoms. The van der Waals surface area contributed by atoms with Crippen LogP contribution in [0.15, 0.2) is 18.2 Å². The fourth-order valence-electron chi connectivity index (χ4n) is 2.24. The normalized spacial score (nSPS) is 18.0. The molecule has 0 spiro atoms. The molecule has 1 atom stereocenters. The summed E-state index contributed by atoms with van der Waals surface area (Å²) in [5.41, 5.74) is 5.86. The molecule has 118 valence electrons. The second kappa shape index (κ2) is 8.69. The third-order valence-electron chi connectivity index (χ3n) is 3.30. The maximum Gasteiger partial charge on any atom is 0.226 e. The lowest BCUT2D eigenvalue weighted by atomic mass is 10.1. The second-order valence-electron chi connectivity index (χ2n) is 4.89. The number of nitrogens with zero attached hydrogens (tertiary/aromatic N) is 1. The van der Waals surface area contributed by atoms with Gasteiger partial charge in [-0.25, -0.2) is 0 Å². The van der Waals surface area contributed by atoms with Gasteiger partial charge in [-0.1, -0.05) is 29.3 Å². The Morgan fingerprint density at radius 1 is 1.43 bits per heavy atom. The van der Waals surface area contributed by atoms with Crippen LogP contribution < -0.4 is 10.5 Å². The number of carbonyl (C=O) groups is 1. The SMILES string of the molecule is Cl.NC1CCCN(C(=O)CCOc2cccc(Cl)c2Cl)C1. The number of hydrogen-bond donors (Lipinski definition) is 1. The molecule has 0 aromatic heterocycles. The number of halogens is 3. The lowest BCUT2D eigenvalue weighted by Crippen LogP contribution is -2.46. The van der Waals surface area contributed by atoms with Crippen LogP contribution in [0.2, 0.25) is 10.0 Å². The molecule has 1 saturated heterocycles. The summed E-state index contributed by atoms with van der Waals surface area (Å²) in [6.07, 6.45) is 2.27. The monoisotopic (exact) mass is 352 g/mol. The fraction of sp³-hybridized carbons (Fsp3) is 0.500. The van der Waals surface area contributed by atoms with Gasteiger partial charge in [0.1, 0.15) is 10.8 Å². The van der Waals surface area contributed by atoms with Gasteiger partial charge in [-0.3, -0.25) is 4.79 Å². The first kappa shape index (κ1) is 18.4. The van der Waals surface area contributed by atoms with Crippen molar-refractivity contribution in [1.82, 2.24) is 4.90 Å². The van der Waals surface area contributed by atoms with E-state index in [2.05, 4.69) is 0 Å². The van der Waals surface area contributed by atoms with Crippen LogP contribution >= 0.6 is 35.6 Å². The summed E-state index contributed by atoms with van der Waals surface area (Å²) in [4.78, 5) is 13.8. The van der Waals surface area contributed by atoms with Gasteiger partial charge in [0.15, 0.2) is 0 Å². The lowest BCUT2D eigenvalue weighted by Gasteiger charge is -2.30. The van der Waals surface area contributed by atoms with Crippen LogP contribution in [0.1, 0.15) is 19.3 Å². The number of carbonyl (C=O) groups excluding carboxylic acids is 1. The van der Waals surface area contributed by atoms with E-state index in [1.807, 2.05) is 0 Å². The molecule has 2 N–H and O–H groups in total. The van der Waals surface area contributed by atoms with Crippen LogP contribution in [0.3, 0.4) is 0 Å². The van der Waals surface area contributed by atoms with Gasteiger partial charge in [-0.05, 0) is 25.0 Å². The van der Waals surface area contributed by atoms with Crippen molar-refractivity contribution in [3.63, 3.8) is 0 Å². The minimum atomic E-state index is 0. The molecule has 2 rings (SSSR count). The molecular formula is C14H19Cl3N2O2. The highest BCUT2D eigenvalue weighted by atomic mass is 35.5. The minimum absolute atomic E-state index is 0. The number of hydrogen-bond acceptors (Lipinski definition) is 3. The highest BCUT2D eigenvalue weighted by molar-refractivity contribution is 6.42. The molecule has 1 amide bonds. The third kappa shape index (κ3) is 5.22. The molecule has 1 aliphatic rings. The number of nitrogens with two attached hydrogens (primary N) is 1. The Bertz CT molecular complexity index is 485. The summed E-state index contributed by atoms with van der Waals surface area (Å²) in [7, 11) is 0. The predicted octanol–water partition coefficient (Wildman–Crippen LogP) is 3.13. The number of benzene rings is 1. The van der Waals surface area contributed by atoms with Crippen LogP contribution in [0.25, 0.3) is 0 Å². The van der Waals surface area contributed by atoms with E-state index >= 15 is 0 Å². The number of amides is 1. The van der Waals surface area contributed by atoms with Gasteiger partial charge in [-0.15, -0.1) is 12.4 Å². The van der Waals surface area contributed by atoms with Gasteiger partial charge < -0.3 is 15.4 Å². The molecule has 1 aromatic rings. The van der Waals surface area contributed by atoms with Gasteiger partial charge >= 0.3 is 0 Å². The Morgan fingerprint density at radius 2 is 2.19 bits per heavy atom. The second-order valence-corrected chi connectivity index (χ2v) is 5.68. The van der Waals surface area contributed by atoms with Crippen molar-refractivity contribution in [1.29, 1.82) is 0 Å². The van der Waals surface area contributed by atoms with Crippen molar-refractivity contribution in [3.8, 4) is 5.75 Å². The van der Waals surface area contributed by atoms with Gasteiger partial charge in [0.25, 0.3) is 0 Å². The van der Waals surface area contributed by atoms with Crippen LogP contribution in [0, 0.1) is 0 Å². The van der Waals surface area contributed by atoms with E-state index in [0.717, 1.165) is 19.4 Å². The quantitative estimate of drug-likeness (QED) is 0.904. The molecule has 1 heterocycles. The van der Waals surface area contributed by atoms with Crippen molar-refractivity contribution >= 4 is 41.5 Å². The van der Waals surface area contributed by atoms with E-state index < -0.39 is 0 Å². The van der Waals surface area contributed by atoms with Crippen molar-refractivity contribution in [2.75, 3.05) is 19.7 Å². The Morgan fingerprint density at radius 3 is 2.90 bits per heavy atom. The number of piperidine rings is 1. The summed E-state index contributed by atoms with van der Waals surface area (Å²) < 4.78 is 5.51. The Kier molecular flexibility index (Phi) is 7.60. The van der Waals surface area contributed by atoms with Gasteiger partial charge in [0.05, 0.1) is 18.1 Å². The average molecular weight is 354 g/mol. The van der Waals surface area contributed by atoms with Gasteiger partial charge in [0, 0.05) is 19.1 Å². The standard InChI is InChI=1S/C14H18Cl2N2O2.ClH/c15-11-4-1-5-12(14(11)16)20-8-6-13(19)18-7-2-3-10(17)9-18;/h1,4-5,10H,2-3,6-9,17H2;1H. The summed E-state index contributed by atoms with van der Waals surface area (Å²) in [6, 6.07) is 5.28. The van der Waals surface area contributed by atoms with E-state index in [1.54, 1.807) is 23.1 Å². The molecule has 1 unspecified atom stereocenters. The average Bonchev–Trinajstić information content (AvgIpc) is 2.43. The van der Waals surface area contributed by atoms with E-state index in [9.17, 15) is 4.79 Å². The summed E-state index contributed by atoms with van der Waals surface area (Å²) in [6.45, 7) is 1.70. The van der Waals surface area contributed by atoms with Crippen molar-refractivity contribution in [3.05, 3.63) is 28.2 Å². The van der Waals surface area contributed by atoms with Crippen LogP contribution in [0.5, 0.6) is 5.75 Å². The summed E-state index contributed by atoms with van der Waals surface area (Å²) in [5, 5.41) is 0.819. The van der Waals surface area contributed by atoms with E-state index in [1.165, 1.54) is 0 Å². The van der Waals surface area contributed by atoms with Crippen molar-refractivity contribution in [2.45, 2.75) is 25.3 Å². The number of rotatable bonds is 4. The molecule has 1 aliphatic heterocycles. The first-order valence-corrected chi connectivity index (χ1v) is 7.43. The van der Waals surface area contributed by atoms with Crippen molar-refractivity contribution in [2.24, 2.45) is 5.73 Å². The molecule has 4 nitrogen and oxygen atoms in total. The molecule has 0 radical (unpaired) electrons. The zero-order valence-electron chi connectivity index (χ0n) is 11.6. The first-order chi connectivity index (χ1) is 9.58. The van der Waals surface area contributed by atoms with E-state index in [0.29, 0.717) is 28.8 Å². The lowest BCUT2D eigenvalue weighted by molar-refractivity contribution is -0.132. The molecule has 1 aromatic carbocycles. The minimum Gasteiger partial charge on any atom is -0.491 e. The third-order valence-corrected chi connectivity index (χ3v) is 4.10. The largest absolute Gasteiger partial charge is 0.491 e. The number of likely N-dealkylation sites (tertiary alicyclic amines) is 1. The van der Waals surface area contributed by atoms with Gasteiger partial charge in [0.2, 0.25) is 5.91 Å². The smallest absolute Gasteiger partial charge is 0.226 e. The Hall–Kier alpha value is -0.680. The molecule has 0 bridgehead atoms. The van der Waals surface area contributed by atoms with Crippen LogP contribution in [-0.4, -0.2) is 36.5 Å². The summed E-state index contributed by atoms with van der Waals surface area (Å²) >= 11 is 11.9. The maximum absolute atomic E-state index is 12.0. The predicted molar refractivity (Wildman–Crippen MR) is 87.6 cm³/mol. The van der Waals surface area contributed by atoms with E-state index in [4.69, 9.17) is 33.7 Å². The Labute approximate surface area is 140 Å². The molecule has 7 heteroatoms. The summed E-state index contributed by atoms with van der Waals surface area (Å²) in [5.74, 6) is 0.570. The highest BCUT2D eigenvalue weighted by Crippen LogP contribution is 2.31. The van der Waals surface area contributed by atoms with Crippen LogP contribution in [-0.2, 0) is 4.79 Å². The molecule has 1 fully saturated rings. The molecule has 0 aliphatic carbocycles. The van der Waals surface area contributed by atoms with Crippen LogP contribution in [0.4, 0.5) is 0 Å². The topological polar surface area (TPSA) is 55.6 Å². The van der Waals surface area contributed by atoms with Gasteiger partial charge in [-0.2, -0.15) is 0 Å². The fourth-order valence-corrected chi connectivity index (χ4v) is 2.58. The Balaban J connectivity index is 0.00000220. The van der Waals surface area contributed by atoms with Crippen molar-refractivity contribution < 1.29 is 9.53 Å². The zero-order valence-corrected chi connectivity index (χ0v) is 13.9. The van der Waals surface area contributed by atoms with E-state index in [-0.39, 0.29) is 31.0 Å². The highest BCUT2D eigenvalue weighted by Gasteiger charge is 2.20. The molecule has 0 saturated carbocycles. The maximum atomic E-state index is 12.0.